The molecule has 2 nitrogen and oxygen atoms in total. The topological polar surface area (TPSA) is 26.3 Å². The van der Waals surface area contributed by atoms with Gasteiger partial charge in [-0.3, -0.25) is 4.79 Å². The van der Waals surface area contributed by atoms with Crippen LogP contribution >= 0.6 is 0 Å². The van der Waals surface area contributed by atoms with Gasteiger partial charge in [0.25, 0.3) is 6.47 Å². The van der Waals surface area contributed by atoms with Crippen LogP contribution in [0.15, 0.2) is 11.6 Å². The van der Waals surface area contributed by atoms with Gasteiger partial charge in [0.1, 0.15) is 6.10 Å². The molecule has 8 atom stereocenters. The summed E-state index contributed by atoms with van der Waals surface area (Å²) in [5, 5.41) is 0. The first kappa shape index (κ1) is 22.4. The van der Waals surface area contributed by atoms with Crippen molar-refractivity contribution in [3.05, 3.63) is 11.6 Å². The second kappa shape index (κ2) is 8.62. The van der Waals surface area contributed by atoms with E-state index >= 15 is 0 Å². The maximum atomic E-state index is 10.8. The molecule has 0 aromatic rings. The summed E-state index contributed by atoms with van der Waals surface area (Å²) >= 11 is 0. The number of carbonyl (C=O) groups excluding carboxylic acids is 1. The van der Waals surface area contributed by atoms with E-state index in [4.69, 9.17) is 4.74 Å². The molecule has 30 heavy (non-hydrogen) atoms. The lowest BCUT2D eigenvalue weighted by atomic mass is 9.47. The first-order valence-corrected chi connectivity index (χ1v) is 13.1. The van der Waals surface area contributed by atoms with E-state index < -0.39 is 0 Å². The van der Waals surface area contributed by atoms with Gasteiger partial charge in [0.2, 0.25) is 0 Å². The minimum atomic E-state index is 0.120. The molecule has 0 radical (unpaired) electrons. The van der Waals surface area contributed by atoms with Crippen molar-refractivity contribution in [2.45, 2.75) is 111 Å². The molecule has 2 heteroatoms. The molecule has 4 rings (SSSR count). The van der Waals surface area contributed by atoms with Crippen LogP contribution in [0.1, 0.15) is 105 Å². The molecule has 0 spiro atoms. The van der Waals surface area contributed by atoms with E-state index in [1.54, 1.807) is 5.57 Å². The number of allylic oxidation sites excluding steroid dienone is 1. The average molecular weight is 415 g/mol. The van der Waals surface area contributed by atoms with Crippen molar-refractivity contribution >= 4 is 6.47 Å². The van der Waals surface area contributed by atoms with Gasteiger partial charge in [-0.1, -0.05) is 65.5 Å². The van der Waals surface area contributed by atoms with Crippen molar-refractivity contribution in [2.24, 2.45) is 46.3 Å². The second-order valence-electron chi connectivity index (χ2n) is 12.4. The molecule has 170 valence electrons. The zero-order valence-corrected chi connectivity index (χ0v) is 20.3. The van der Waals surface area contributed by atoms with Crippen molar-refractivity contribution in [3.8, 4) is 0 Å². The van der Waals surface area contributed by atoms with Crippen LogP contribution in [0.3, 0.4) is 0 Å². The second-order valence-corrected chi connectivity index (χ2v) is 12.4. The molecule has 0 heterocycles. The van der Waals surface area contributed by atoms with Crippen molar-refractivity contribution in [2.75, 3.05) is 0 Å². The Bertz CT molecular complexity index is 651. The summed E-state index contributed by atoms with van der Waals surface area (Å²) in [4.78, 5) is 10.8. The van der Waals surface area contributed by atoms with Crippen molar-refractivity contribution in [1.29, 1.82) is 0 Å². The van der Waals surface area contributed by atoms with Crippen LogP contribution in [-0.4, -0.2) is 12.6 Å². The highest BCUT2D eigenvalue weighted by atomic mass is 16.5. The highest BCUT2D eigenvalue weighted by Gasteiger charge is 2.59. The zero-order chi connectivity index (χ0) is 21.5. The van der Waals surface area contributed by atoms with Crippen molar-refractivity contribution in [3.63, 3.8) is 0 Å². The Morgan fingerprint density at radius 2 is 1.87 bits per heavy atom. The average Bonchev–Trinajstić information content (AvgIpc) is 3.05. The first-order valence-electron chi connectivity index (χ1n) is 13.1. The van der Waals surface area contributed by atoms with E-state index in [-0.39, 0.29) is 6.10 Å². The lowest BCUT2D eigenvalue weighted by molar-refractivity contribution is -0.136. The van der Waals surface area contributed by atoms with Crippen LogP contribution in [0.25, 0.3) is 0 Å². The van der Waals surface area contributed by atoms with E-state index in [0.29, 0.717) is 17.3 Å². The van der Waals surface area contributed by atoms with Gasteiger partial charge in [0.15, 0.2) is 0 Å². The van der Waals surface area contributed by atoms with Gasteiger partial charge in [-0.2, -0.15) is 0 Å². The Balaban J connectivity index is 1.47. The number of carbonyl (C=O) groups is 1. The Kier molecular flexibility index (Phi) is 6.44. The quantitative estimate of drug-likeness (QED) is 0.317. The number of hydrogen-bond donors (Lipinski definition) is 0. The predicted molar refractivity (Wildman–Crippen MR) is 124 cm³/mol. The highest BCUT2D eigenvalue weighted by Crippen LogP contribution is 2.67. The van der Waals surface area contributed by atoms with Crippen molar-refractivity contribution < 1.29 is 9.53 Å². The molecule has 0 aliphatic heterocycles. The van der Waals surface area contributed by atoms with Gasteiger partial charge in [-0.25, -0.2) is 0 Å². The molecule has 0 N–H and O–H groups in total. The van der Waals surface area contributed by atoms with E-state index in [2.05, 4.69) is 40.7 Å². The van der Waals surface area contributed by atoms with Gasteiger partial charge in [-0.15, -0.1) is 0 Å². The van der Waals surface area contributed by atoms with Crippen molar-refractivity contribution in [1.82, 2.24) is 0 Å². The Morgan fingerprint density at radius 1 is 1.07 bits per heavy atom. The molecule has 3 fully saturated rings. The van der Waals surface area contributed by atoms with Gasteiger partial charge in [0.05, 0.1) is 0 Å². The molecule has 0 aromatic heterocycles. The third-order valence-corrected chi connectivity index (χ3v) is 10.5. The standard InChI is InChI=1S/C28H46O2/c1-19(2)7-6-8-20(3)24-11-12-25-23-10-9-21-17-22(30-18-29)13-15-27(21,4)26(23)14-16-28(24,25)5/h9,18-20,22-26H,6-8,10-17H2,1-5H3/t20-,22-,23+,24-,25+,26+,27+,28-/m1/s1. The summed E-state index contributed by atoms with van der Waals surface area (Å²) in [5.41, 5.74) is 2.54. The van der Waals surface area contributed by atoms with Gasteiger partial charge >= 0.3 is 0 Å². The predicted octanol–water partition coefficient (Wildman–Crippen LogP) is 7.57. The summed E-state index contributed by atoms with van der Waals surface area (Å²) in [6.45, 7) is 13.2. The van der Waals surface area contributed by atoms with Gasteiger partial charge in [0, 0.05) is 6.42 Å². The van der Waals surface area contributed by atoms with Gasteiger partial charge in [-0.05, 0) is 91.3 Å². The molecular formula is C28H46O2. The Morgan fingerprint density at radius 3 is 2.60 bits per heavy atom. The molecular weight excluding hydrogens is 368 g/mol. The number of rotatable bonds is 7. The minimum Gasteiger partial charge on any atom is -0.464 e. The fourth-order valence-electron chi connectivity index (χ4n) is 8.85. The zero-order valence-electron chi connectivity index (χ0n) is 20.3. The fourth-order valence-corrected chi connectivity index (χ4v) is 8.85. The molecule has 4 aliphatic carbocycles. The molecule has 0 aromatic carbocycles. The molecule has 0 saturated heterocycles. The monoisotopic (exact) mass is 414 g/mol. The molecule has 0 unspecified atom stereocenters. The Labute approximate surface area is 185 Å². The van der Waals surface area contributed by atoms with E-state index in [9.17, 15) is 4.79 Å². The smallest absolute Gasteiger partial charge is 0.293 e. The van der Waals surface area contributed by atoms with Crippen LogP contribution in [0.5, 0.6) is 0 Å². The summed E-state index contributed by atoms with van der Waals surface area (Å²) in [6.07, 6.45) is 17.2. The van der Waals surface area contributed by atoms with Gasteiger partial charge < -0.3 is 4.74 Å². The normalized spacial score (nSPS) is 43.9. The first-order chi connectivity index (χ1) is 14.3. The van der Waals surface area contributed by atoms with E-state index in [1.807, 2.05) is 0 Å². The van der Waals surface area contributed by atoms with Crippen LogP contribution in [-0.2, 0) is 9.53 Å². The maximum absolute atomic E-state index is 10.8. The maximum Gasteiger partial charge on any atom is 0.293 e. The highest BCUT2D eigenvalue weighted by molar-refractivity contribution is 5.38. The number of hydrogen-bond acceptors (Lipinski definition) is 2. The van der Waals surface area contributed by atoms with E-state index in [1.165, 1.54) is 57.8 Å². The fraction of sp³-hybridized carbons (Fsp3) is 0.893. The largest absolute Gasteiger partial charge is 0.464 e. The Hall–Kier alpha value is -0.790. The number of fused-ring (bicyclic) bond motifs is 5. The van der Waals surface area contributed by atoms with Crippen LogP contribution in [0.2, 0.25) is 0 Å². The summed E-state index contributed by atoms with van der Waals surface area (Å²) < 4.78 is 5.36. The van der Waals surface area contributed by atoms with Crippen LogP contribution < -0.4 is 0 Å². The summed E-state index contributed by atoms with van der Waals surface area (Å²) in [5.74, 6) is 5.32. The third kappa shape index (κ3) is 3.79. The third-order valence-electron chi connectivity index (χ3n) is 10.5. The summed E-state index contributed by atoms with van der Waals surface area (Å²) in [7, 11) is 0. The summed E-state index contributed by atoms with van der Waals surface area (Å²) in [6, 6.07) is 0. The number of ether oxygens (including phenoxy) is 1. The lowest BCUT2D eigenvalue weighted by Gasteiger charge is -2.58. The van der Waals surface area contributed by atoms with Crippen LogP contribution in [0, 0.1) is 46.3 Å². The SMILES string of the molecule is CC(C)CCC[C@@H](C)[C@H]1CC[C@H]2[C@@H]3CC=C4C[C@H](OC=O)CC[C@]4(C)[C@H]3CC[C@]12C. The van der Waals surface area contributed by atoms with E-state index in [0.717, 1.165) is 48.3 Å². The molecule has 0 amide bonds. The molecule has 4 aliphatic rings. The minimum absolute atomic E-state index is 0.120. The van der Waals surface area contributed by atoms with Crippen LogP contribution in [0.4, 0.5) is 0 Å². The molecule has 0 bridgehead atoms. The lowest BCUT2D eigenvalue weighted by Crippen LogP contribution is -2.51. The molecule has 3 saturated carbocycles.